The van der Waals surface area contributed by atoms with Gasteiger partial charge in [-0.2, -0.15) is 0 Å². The maximum Gasteiger partial charge on any atom is 0.182 e. The highest BCUT2D eigenvalue weighted by Gasteiger charge is 2.14. The Bertz CT molecular complexity index is 746. The molecule has 25 heavy (non-hydrogen) atoms. The van der Waals surface area contributed by atoms with Crippen molar-refractivity contribution in [2.45, 2.75) is 65.2 Å². The van der Waals surface area contributed by atoms with Crippen molar-refractivity contribution < 1.29 is 8.42 Å². The van der Waals surface area contributed by atoms with Crippen molar-refractivity contribution in [3.8, 4) is 0 Å². The second kappa shape index (κ2) is 10.4. The van der Waals surface area contributed by atoms with E-state index in [1.807, 2.05) is 32.1 Å². The molecule has 1 aromatic rings. The molecule has 138 valence electrons. The van der Waals surface area contributed by atoms with Gasteiger partial charge in [0.15, 0.2) is 9.84 Å². The molecule has 0 unspecified atom stereocenters. The van der Waals surface area contributed by atoms with Crippen molar-refractivity contribution in [2.75, 3.05) is 5.75 Å². The van der Waals surface area contributed by atoms with Gasteiger partial charge in [0.2, 0.25) is 0 Å². The molecule has 0 aromatic heterocycles. The molecule has 1 aromatic carbocycles. The quantitative estimate of drug-likeness (QED) is 0.492. The summed E-state index contributed by atoms with van der Waals surface area (Å²) in [5.74, 6) is 0.0763. The van der Waals surface area contributed by atoms with Gasteiger partial charge in [-0.1, -0.05) is 53.1 Å². The fourth-order valence-corrected chi connectivity index (χ4v) is 4.11. The smallest absolute Gasteiger partial charge is 0.182 e. The average molecular weight is 361 g/mol. The van der Waals surface area contributed by atoms with Crippen LogP contribution in [0.15, 0.2) is 64.1 Å². The van der Waals surface area contributed by atoms with Crippen LogP contribution in [0.5, 0.6) is 0 Å². The normalized spacial score (nSPS) is 13.0. The van der Waals surface area contributed by atoms with Crippen molar-refractivity contribution in [3.63, 3.8) is 0 Å². The largest absolute Gasteiger partial charge is 0.223 e. The Morgan fingerprint density at radius 3 is 2.04 bits per heavy atom. The molecule has 0 radical (unpaired) electrons. The number of allylic oxidation sites excluding steroid dienone is 5. The molecular weight excluding hydrogens is 328 g/mol. The summed E-state index contributed by atoms with van der Waals surface area (Å²) < 4.78 is 24.9. The summed E-state index contributed by atoms with van der Waals surface area (Å²) in [6.07, 6.45) is 10.4. The van der Waals surface area contributed by atoms with E-state index in [2.05, 4.69) is 32.9 Å². The summed E-state index contributed by atoms with van der Waals surface area (Å²) in [6.45, 7) is 10.3. The molecule has 0 aliphatic carbocycles. The molecule has 3 heteroatoms. The van der Waals surface area contributed by atoms with Crippen LogP contribution in [-0.4, -0.2) is 14.2 Å². The SMILES string of the molecule is CC(C)=CCCC(C)=CCCC(C)=CCS(=O)(=O)c1ccccc1C. The number of hydrogen-bond donors (Lipinski definition) is 0. The van der Waals surface area contributed by atoms with Crippen LogP contribution in [0.2, 0.25) is 0 Å². The Morgan fingerprint density at radius 1 is 0.880 bits per heavy atom. The van der Waals surface area contributed by atoms with Gasteiger partial charge in [0.05, 0.1) is 10.6 Å². The first-order valence-electron chi connectivity index (χ1n) is 8.95. The molecule has 1 rings (SSSR count). The van der Waals surface area contributed by atoms with Crippen LogP contribution < -0.4 is 0 Å². The summed E-state index contributed by atoms with van der Waals surface area (Å²) >= 11 is 0. The Morgan fingerprint density at radius 2 is 1.44 bits per heavy atom. The van der Waals surface area contributed by atoms with Crippen LogP contribution in [-0.2, 0) is 9.84 Å². The second-order valence-corrected chi connectivity index (χ2v) is 9.01. The molecule has 0 spiro atoms. The Balaban J connectivity index is 2.54. The fraction of sp³-hybridized carbons (Fsp3) is 0.455. The van der Waals surface area contributed by atoms with Gasteiger partial charge in [-0.3, -0.25) is 0 Å². The van der Waals surface area contributed by atoms with Crippen molar-refractivity contribution in [1.29, 1.82) is 0 Å². The lowest BCUT2D eigenvalue weighted by Crippen LogP contribution is -2.07. The minimum atomic E-state index is -3.25. The van der Waals surface area contributed by atoms with E-state index in [1.165, 1.54) is 11.1 Å². The maximum absolute atomic E-state index is 12.5. The minimum absolute atomic E-state index is 0.0763. The Labute approximate surface area is 154 Å². The molecule has 2 nitrogen and oxygen atoms in total. The van der Waals surface area contributed by atoms with E-state index < -0.39 is 9.84 Å². The lowest BCUT2D eigenvalue weighted by atomic mass is 10.1. The van der Waals surface area contributed by atoms with Crippen molar-refractivity contribution in [3.05, 3.63) is 64.8 Å². The molecular formula is C22H32O2S. The minimum Gasteiger partial charge on any atom is -0.223 e. The number of hydrogen-bond acceptors (Lipinski definition) is 2. The fourth-order valence-electron chi connectivity index (χ4n) is 2.59. The van der Waals surface area contributed by atoms with Gasteiger partial charge in [-0.05, 0) is 71.9 Å². The van der Waals surface area contributed by atoms with Crippen molar-refractivity contribution >= 4 is 9.84 Å². The van der Waals surface area contributed by atoms with Gasteiger partial charge in [0.25, 0.3) is 0 Å². The van der Waals surface area contributed by atoms with E-state index >= 15 is 0 Å². The van der Waals surface area contributed by atoms with Crippen LogP contribution in [0.4, 0.5) is 0 Å². The van der Waals surface area contributed by atoms with E-state index in [1.54, 1.807) is 12.1 Å². The highest BCUT2D eigenvalue weighted by Crippen LogP contribution is 2.17. The molecule has 0 heterocycles. The first-order chi connectivity index (χ1) is 11.7. The van der Waals surface area contributed by atoms with Crippen LogP contribution in [0.25, 0.3) is 0 Å². The van der Waals surface area contributed by atoms with Gasteiger partial charge in [-0.25, -0.2) is 8.42 Å². The molecule has 0 amide bonds. The molecule has 0 atom stereocenters. The zero-order chi connectivity index (χ0) is 18.9. The zero-order valence-corrected chi connectivity index (χ0v) is 17.1. The summed E-state index contributed by atoms with van der Waals surface area (Å²) in [6, 6.07) is 7.17. The monoisotopic (exact) mass is 360 g/mol. The summed E-state index contributed by atoms with van der Waals surface area (Å²) in [4.78, 5) is 0.439. The second-order valence-electron chi connectivity index (χ2n) is 7.01. The first-order valence-corrected chi connectivity index (χ1v) is 10.6. The Kier molecular flexibility index (Phi) is 8.91. The molecule has 0 aliphatic heterocycles. The van der Waals surface area contributed by atoms with E-state index in [9.17, 15) is 8.42 Å². The van der Waals surface area contributed by atoms with Crippen LogP contribution in [0.1, 0.15) is 58.9 Å². The predicted octanol–water partition coefficient (Wildman–Crippen LogP) is 6.19. The highest BCUT2D eigenvalue weighted by atomic mass is 32.2. The number of rotatable bonds is 9. The van der Waals surface area contributed by atoms with Crippen LogP contribution >= 0.6 is 0 Å². The Hall–Kier alpha value is -1.61. The number of sulfone groups is 1. The van der Waals surface area contributed by atoms with Gasteiger partial charge >= 0.3 is 0 Å². The lowest BCUT2D eigenvalue weighted by Gasteiger charge is -2.06. The van der Waals surface area contributed by atoms with Gasteiger partial charge in [0.1, 0.15) is 0 Å². The van der Waals surface area contributed by atoms with E-state index in [-0.39, 0.29) is 5.75 Å². The standard InChI is InChI=1S/C22H32O2S/c1-18(2)10-8-11-19(3)12-9-13-20(4)16-17-25(23,24)22-15-7-6-14-21(22)5/h6-7,10,12,14-16H,8-9,11,13,17H2,1-5H3. The predicted molar refractivity (Wildman–Crippen MR) is 109 cm³/mol. The van der Waals surface area contributed by atoms with E-state index in [4.69, 9.17) is 0 Å². The molecule has 0 saturated carbocycles. The van der Waals surface area contributed by atoms with E-state index in [0.717, 1.165) is 36.8 Å². The third kappa shape index (κ3) is 8.35. The summed E-state index contributed by atoms with van der Waals surface area (Å²) in [5.41, 5.74) is 4.70. The molecule has 0 N–H and O–H groups in total. The first kappa shape index (κ1) is 21.4. The molecule has 0 fully saturated rings. The lowest BCUT2D eigenvalue weighted by molar-refractivity contribution is 0.598. The third-order valence-corrected chi connectivity index (χ3v) is 5.94. The van der Waals surface area contributed by atoms with Gasteiger partial charge in [-0.15, -0.1) is 0 Å². The average Bonchev–Trinajstić information content (AvgIpc) is 2.53. The van der Waals surface area contributed by atoms with Crippen LogP contribution in [0.3, 0.4) is 0 Å². The summed E-state index contributed by atoms with van der Waals surface area (Å²) in [7, 11) is -3.25. The van der Waals surface area contributed by atoms with Crippen LogP contribution in [0, 0.1) is 6.92 Å². The topological polar surface area (TPSA) is 34.1 Å². The highest BCUT2D eigenvalue weighted by molar-refractivity contribution is 7.91. The molecule has 0 saturated heterocycles. The van der Waals surface area contributed by atoms with Crippen molar-refractivity contribution in [1.82, 2.24) is 0 Å². The molecule has 0 aliphatic rings. The summed E-state index contributed by atoms with van der Waals surface area (Å²) in [5, 5.41) is 0. The number of benzene rings is 1. The maximum atomic E-state index is 12.5. The van der Waals surface area contributed by atoms with Gasteiger partial charge < -0.3 is 0 Å². The van der Waals surface area contributed by atoms with Gasteiger partial charge in [0, 0.05) is 0 Å². The van der Waals surface area contributed by atoms with Crippen molar-refractivity contribution in [2.24, 2.45) is 0 Å². The number of aryl methyl sites for hydroxylation is 1. The zero-order valence-electron chi connectivity index (χ0n) is 16.3. The molecule has 0 bridgehead atoms. The third-order valence-electron chi connectivity index (χ3n) is 4.20. The van der Waals surface area contributed by atoms with E-state index in [0.29, 0.717) is 4.90 Å².